The first-order valence-electron chi connectivity index (χ1n) is 11.1. The quantitative estimate of drug-likeness (QED) is 0.468. The molecule has 5 nitrogen and oxygen atoms in total. The van der Waals surface area contributed by atoms with Gasteiger partial charge in [-0.25, -0.2) is 4.68 Å². The van der Waals surface area contributed by atoms with Crippen molar-refractivity contribution in [2.45, 2.75) is 32.9 Å². The van der Waals surface area contributed by atoms with Gasteiger partial charge in [0.2, 0.25) is 5.91 Å². The summed E-state index contributed by atoms with van der Waals surface area (Å²) < 4.78 is 1.77. The van der Waals surface area contributed by atoms with E-state index in [1.165, 1.54) is 24.1 Å². The van der Waals surface area contributed by atoms with Gasteiger partial charge in [-0.15, -0.1) is 0 Å². The lowest BCUT2D eigenvalue weighted by Gasteiger charge is -2.24. The normalized spacial score (nSPS) is 13.8. The highest BCUT2D eigenvalue weighted by Crippen LogP contribution is 2.26. The van der Waals surface area contributed by atoms with Gasteiger partial charge in [-0.1, -0.05) is 60.1 Å². The van der Waals surface area contributed by atoms with Crippen molar-refractivity contribution in [3.05, 3.63) is 88.2 Å². The van der Waals surface area contributed by atoms with E-state index in [0.29, 0.717) is 18.2 Å². The first kappa shape index (κ1) is 22.2. The fourth-order valence-corrected chi connectivity index (χ4v) is 4.44. The maximum Gasteiger partial charge on any atom is 0.246 e. The number of para-hydroxylation sites is 1. The standard InChI is InChI=1S/C26H29ClN4O/c1-20-23(26(27)31(28-20)18-21-10-4-3-5-11-21)14-15-25(32)29(2)19-22-12-6-7-13-24(22)30-16-8-9-17-30/h3-7,10-15H,8-9,16-19H2,1-2H3. The van der Waals surface area contributed by atoms with Crippen LogP contribution in [0.25, 0.3) is 6.08 Å². The molecule has 0 spiro atoms. The van der Waals surface area contributed by atoms with Gasteiger partial charge in [0, 0.05) is 44.0 Å². The van der Waals surface area contributed by atoms with E-state index in [0.717, 1.165) is 29.9 Å². The van der Waals surface area contributed by atoms with E-state index >= 15 is 0 Å². The SMILES string of the molecule is Cc1nn(Cc2ccccc2)c(Cl)c1C=CC(=O)N(C)Cc1ccccc1N1CCCC1. The molecule has 1 saturated heterocycles. The van der Waals surface area contributed by atoms with Crippen LogP contribution in [0.1, 0.15) is 35.2 Å². The molecule has 6 heteroatoms. The summed E-state index contributed by atoms with van der Waals surface area (Å²) >= 11 is 6.58. The molecule has 1 amide bonds. The van der Waals surface area contributed by atoms with Crippen molar-refractivity contribution in [1.82, 2.24) is 14.7 Å². The molecule has 2 aromatic carbocycles. The number of rotatable bonds is 7. The van der Waals surface area contributed by atoms with Crippen molar-refractivity contribution in [2.75, 3.05) is 25.0 Å². The number of benzene rings is 2. The number of likely N-dealkylation sites (N-methyl/N-ethyl adjacent to an activating group) is 1. The molecule has 2 heterocycles. The summed E-state index contributed by atoms with van der Waals surface area (Å²) in [6.07, 6.45) is 5.81. The Labute approximate surface area is 194 Å². The minimum absolute atomic E-state index is 0.0625. The van der Waals surface area contributed by atoms with E-state index in [9.17, 15) is 4.79 Å². The van der Waals surface area contributed by atoms with Crippen molar-refractivity contribution in [3.8, 4) is 0 Å². The number of carbonyl (C=O) groups is 1. The van der Waals surface area contributed by atoms with Crippen LogP contribution in [0.5, 0.6) is 0 Å². The van der Waals surface area contributed by atoms with Crippen LogP contribution in [-0.4, -0.2) is 40.7 Å². The molecule has 0 saturated carbocycles. The third-order valence-electron chi connectivity index (χ3n) is 5.90. The van der Waals surface area contributed by atoms with E-state index < -0.39 is 0 Å². The minimum Gasteiger partial charge on any atom is -0.371 e. The van der Waals surface area contributed by atoms with Crippen LogP contribution in [0, 0.1) is 6.92 Å². The number of aromatic nitrogens is 2. The van der Waals surface area contributed by atoms with E-state index in [-0.39, 0.29) is 5.91 Å². The summed E-state index contributed by atoms with van der Waals surface area (Å²) in [5.41, 5.74) is 5.11. The van der Waals surface area contributed by atoms with E-state index in [1.54, 1.807) is 21.7 Å². The number of aryl methyl sites for hydroxylation is 1. The second-order valence-corrected chi connectivity index (χ2v) is 8.64. The maximum absolute atomic E-state index is 12.8. The van der Waals surface area contributed by atoms with Crippen molar-refractivity contribution >= 4 is 29.3 Å². The number of halogens is 1. The predicted octanol–water partition coefficient (Wildman–Crippen LogP) is 5.17. The van der Waals surface area contributed by atoms with Gasteiger partial charge in [-0.2, -0.15) is 5.10 Å². The highest BCUT2D eigenvalue weighted by molar-refractivity contribution is 6.31. The molecule has 166 valence electrons. The molecule has 1 aromatic heterocycles. The van der Waals surface area contributed by atoms with Crippen LogP contribution in [0.2, 0.25) is 5.15 Å². The van der Waals surface area contributed by atoms with Crippen molar-refractivity contribution < 1.29 is 4.79 Å². The molecular weight excluding hydrogens is 420 g/mol. The molecule has 3 aromatic rings. The number of hydrogen-bond acceptors (Lipinski definition) is 3. The molecule has 0 atom stereocenters. The first-order chi connectivity index (χ1) is 15.5. The smallest absolute Gasteiger partial charge is 0.246 e. The molecule has 0 bridgehead atoms. The van der Waals surface area contributed by atoms with E-state index in [4.69, 9.17) is 11.6 Å². The molecule has 32 heavy (non-hydrogen) atoms. The topological polar surface area (TPSA) is 41.4 Å². The summed E-state index contributed by atoms with van der Waals surface area (Å²) in [6.45, 7) is 5.23. The zero-order chi connectivity index (χ0) is 22.5. The summed E-state index contributed by atoms with van der Waals surface area (Å²) in [7, 11) is 1.83. The number of anilines is 1. The Kier molecular flexibility index (Phi) is 6.96. The fourth-order valence-electron chi connectivity index (χ4n) is 4.14. The monoisotopic (exact) mass is 448 g/mol. The zero-order valence-electron chi connectivity index (χ0n) is 18.7. The average molecular weight is 449 g/mol. The highest BCUT2D eigenvalue weighted by Gasteiger charge is 2.17. The Hall–Kier alpha value is -3.05. The van der Waals surface area contributed by atoms with Crippen molar-refractivity contribution in [2.24, 2.45) is 0 Å². The third-order valence-corrected chi connectivity index (χ3v) is 6.30. The zero-order valence-corrected chi connectivity index (χ0v) is 19.4. The van der Waals surface area contributed by atoms with Gasteiger partial charge in [0.15, 0.2) is 0 Å². The Morgan fingerprint density at radius 3 is 2.53 bits per heavy atom. The van der Waals surface area contributed by atoms with Gasteiger partial charge in [-0.05, 0) is 43.0 Å². The number of amides is 1. The van der Waals surface area contributed by atoms with Gasteiger partial charge in [-0.3, -0.25) is 4.79 Å². The van der Waals surface area contributed by atoms with Crippen LogP contribution in [-0.2, 0) is 17.9 Å². The minimum atomic E-state index is -0.0625. The summed E-state index contributed by atoms with van der Waals surface area (Å²) in [5.74, 6) is -0.0625. The molecule has 4 rings (SSSR count). The molecular formula is C26H29ClN4O. The lowest BCUT2D eigenvalue weighted by atomic mass is 10.1. The lowest BCUT2D eigenvalue weighted by molar-refractivity contribution is -0.125. The van der Waals surface area contributed by atoms with Crippen LogP contribution in [0.15, 0.2) is 60.7 Å². The average Bonchev–Trinajstić information content (AvgIpc) is 3.42. The largest absolute Gasteiger partial charge is 0.371 e. The fraction of sp³-hybridized carbons (Fsp3) is 0.308. The Bertz CT molecular complexity index is 1100. The lowest BCUT2D eigenvalue weighted by Crippen LogP contribution is -2.26. The Morgan fingerprint density at radius 2 is 1.78 bits per heavy atom. The van der Waals surface area contributed by atoms with Gasteiger partial charge < -0.3 is 9.80 Å². The number of carbonyl (C=O) groups excluding carboxylic acids is 1. The molecule has 1 aliphatic rings. The molecule has 0 aliphatic carbocycles. The Balaban J connectivity index is 1.45. The molecule has 0 radical (unpaired) electrons. The van der Waals surface area contributed by atoms with Gasteiger partial charge >= 0.3 is 0 Å². The summed E-state index contributed by atoms with van der Waals surface area (Å²) in [6, 6.07) is 18.4. The molecule has 1 aliphatic heterocycles. The first-order valence-corrected chi connectivity index (χ1v) is 11.4. The van der Waals surface area contributed by atoms with Crippen LogP contribution < -0.4 is 4.90 Å². The molecule has 1 fully saturated rings. The summed E-state index contributed by atoms with van der Waals surface area (Å²) in [5, 5.41) is 5.09. The van der Waals surface area contributed by atoms with Gasteiger partial charge in [0.05, 0.1) is 12.2 Å². The second-order valence-electron chi connectivity index (χ2n) is 8.28. The molecule has 0 unspecified atom stereocenters. The molecule has 0 N–H and O–H groups in total. The van der Waals surface area contributed by atoms with Crippen molar-refractivity contribution in [1.29, 1.82) is 0 Å². The van der Waals surface area contributed by atoms with Gasteiger partial charge in [0.1, 0.15) is 5.15 Å². The highest BCUT2D eigenvalue weighted by atomic mass is 35.5. The van der Waals surface area contributed by atoms with Crippen LogP contribution in [0.3, 0.4) is 0 Å². The van der Waals surface area contributed by atoms with E-state index in [1.807, 2.05) is 50.4 Å². The van der Waals surface area contributed by atoms with Gasteiger partial charge in [0.25, 0.3) is 0 Å². The maximum atomic E-state index is 12.8. The predicted molar refractivity (Wildman–Crippen MR) is 131 cm³/mol. The second kappa shape index (κ2) is 10.0. The summed E-state index contributed by atoms with van der Waals surface area (Å²) in [4.78, 5) is 17.0. The Morgan fingerprint density at radius 1 is 1.09 bits per heavy atom. The number of nitrogens with zero attached hydrogens (tertiary/aromatic N) is 4. The van der Waals surface area contributed by atoms with Crippen LogP contribution in [0.4, 0.5) is 5.69 Å². The van der Waals surface area contributed by atoms with E-state index in [2.05, 4.69) is 28.2 Å². The van der Waals surface area contributed by atoms with Crippen molar-refractivity contribution in [3.63, 3.8) is 0 Å². The third kappa shape index (κ3) is 5.05. The number of hydrogen-bond donors (Lipinski definition) is 0. The van der Waals surface area contributed by atoms with Crippen LogP contribution >= 0.6 is 11.6 Å².